The molecule has 0 amide bonds. The van der Waals surface area contributed by atoms with Crippen LogP contribution in [0.1, 0.15) is 38.1 Å². The molecule has 1 fully saturated rings. The average molecular weight is 270 g/mol. The van der Waals surface area contributed by atoms with Gasteiger partial charge in [0.1, 0.15) is 16.8 Å². The Bertz CT molecular complexity index is 448. The molecule has 0 aromatic carbocycles. The molecular formula is C13H20ClN3O. The van der Waals surface area contributed by atoms with E-state index in [4.69, 9.17) is 16.3 Å². The van der Waals surface area contributed by atoms with Crippen LogP contribution in [0, 0.1) is 13.8 Å². The minimum atomic E-state index is -0.0737. The van der Waals surface area contributed by atoms with Crippen LogP contribution < -0.4 is 5.32 Å². The predicted molar refractivity (Wildman–Crippen MR) is 73.2 cm³/mol. The van der Waals surface area contributed by atoms with Gasteiger partial charge in [-0.15, -0.1) is 0 Å². The summed E-state index contributed by atoms with van der Waals surface area (Å²) in [4.78, 5) is 8.57. The molecule has 1 unspecified atom stereocenters. The van der Waals surface area contributed by atoms with Crippen molar-refractivity contribution in [1.82, 2.24) is 9.97 Å². The molecule has 2 heterocycles. The van der Waals surface area contributed by atoms with Gasteiger partial charge in [-0.2, -0.15) is 0 Å². The first-order chi connectivity index (χ1) is 8.37. The van der Waals surface area contributed by atoms with E-state index in [0.717, 1.165) is 30.8 Å². The van der Waals surface area contributed by atoms with Crippen molar-refractivity contribution >= 4 is 17.4 Å². The normalized spacial score (nSPS) is 22.8. The Morgan fingerprint density at radius 1 is 1.33 bits per heavy atom. The zero-order valence-corrected chi connectivity index (χ0v) is 12.1. The first kappa shape index (κ1) is 13.6. The number of hydrogen-bond acceptors (Lipinski definition) is 4. The lowest BCUT2D eigenvalue weighted by atomic mass is 9.94. The Morgan fingerprint density at radius 2 is 2.06 bits per heavy atom. The van der Waals surface area contributed by atoms with Crippen LogP contribution in [-0.2, 0) is 4.74 Å². The van der Waals surface area contributed by atoms with Crippen LogP contribution in [-0.4, -0.2) is 28.2 Å². The van der Waals surface area contributed by atoms with Crippen molar-refractivity contribution in [2.75, 3.05) is 11.9 Å². The van der Waals surface area contributed by atoms with E-state index in [9.17, 15) is 0 Å². The molecule has 2 rings (SSSR count). The van der Waals surface area contributed by atoms with Crippen molar-refractivity contribution in [3.05, 3.63) is 16.5 Å². The highest BCUT2D eigenvalue weighted by Crippen LogP contribution is 2.28. The average Bonchev–Trinajstić information content (AvgIpc) is 2.24. The third-order valence-corrected chi connectivity index (χ3v) is 3.60. The van der Waals surface area contributed by atoms with Crippen LogP contribution in [0.5, 0.6) is 0 Å². The molecule has 5 heteroatoms. The predicted octanol–water partition coefficient (Wildman–Crippen LogP) is 3.12. The summed E-state index contributed by atoms with van der Waals surface area (Å²) in [5.41, 5.74) is 0.835. The van der Waals surface area contributed by atoms with Crippen molar-refractivity contribution < 1.29 is 4.74 Å². The first-order valence-electron chi connectivity index (χ1n) is 6.28. The largest absolute Gasteiger partial charge is 0.375 e. The Morgan fingerprint density at radius 3 is 2.72 bits per heavy atom. The van der Waals surface area contributed by atoms with Crippen LogP contribution in [0.25, 0.3) is 0 Å². The zero-order chi connectivity index (χ0) is 13.3. The molecule has 18 heavy (non-hydrogen) atoms. The maximum atomic E-state index is 6.08. The fourth-order valence-corrected chi connectivity index (χ4v) is 2.50. The summed E-state index contributed by atoms with van der Waals surface area (Å²) >= 11 is 6.08. The van der Waals surface area contributed by atoms with E-state index in [0.29, 0.717) is 17.0 Å². The highest BCUT2D eigenvalue weighted by Gasteiger charge is 2.29. The lowest BCUT2D eigenvalue weighted by Gasteiger charge is -2.36. The van der Waals surface area contributed by atoms with Crippen molar-refractivity contribution in [1.29, 1.82) is 0 Å². The standard InChI is InChI=1S/C13H20ClN3O/c1-8-11(14)15-9(2)16-12(8)17-10-5-6-18-13(3,4)7-10/h10H,5-7H2,1-4H3,(H,15,16,17). The molecule has 1 aliphatic rings. The second kappa shape index (κ2) is 5.02. The Labute approximate surface area is 113 Å². The van der Waals surface area contributed by atoms with E-state index < -0.39 is 0 Å². The fraction of sp³-hybridized carbons (Fsp3) is 0.692. The van der Waals surface area contributed by atoms with Gasteiger partial charge in [0.05, 0.1) is 5.60 Å². The molecule has 1 atom stereocenters. The summed E-state index contributed by atoms with van der Waals surface area (Å²) < 4.78 is 5.71. The molecule has 1 aliphatic heterocycles. The maximum Gasteiger partial charge on any atom is 0.137 e. The van der Waals surface area contributed by atoms with Crippen LogP contribution in [0.2, 0.25) is 5.15 Å². The quantitative estimate of drug-likeness (QED) is 0.838. The minimum absolute atomic E-state index is 0.0737. The molecule has 0 aliphatic carbocycles. The lowest BCUT2D eigenvalue weighted by molar-refractivity contribution is -0.0553. The van der Waals surface area contributed by atoms with Gasteiger partial charge < -0.3 is 10.1 Å². The van der Waals surface area contributed by atoms with Gasteiger partial charge in [0.15, 0.2) is 0 Å². The van der Waals surface area contributed by atoms with E-state index in [1.807, 2.05) is 13.8 Å². The number of hydrogen-bond donors (Lipinski definition) is 1. The van der Waals surface area contributed by atoms with Gasteiger partial charge in [0, 0.05) is 18.2 Å². The van der Waals surface area contributed by atoms with Gasteiger partial charge in [-0.3, -0.25) is 0 Å². The van der Waals surface area contributed by atoms with Gasteiger partial charge >= 0.3 is 0 Å². The van der Waals surface area contributed by atoms with E-state index in [1.165, 1.54) is 0 Å². The maximum absolute atomic E-state index is 6.08. The molecule has 0 radical (unpaired) electrons. The summed E-state index contributed by atoms with van der Waals surface area (Å²) in [6.45, 7) is 8.80. The number of nitrogens with one attached hydrogen (secondary N) is 1. The summed E-state index contributed by atoms with van der Waals surface area (Å²) in [7, 11) is 0. The molecule has 4 nitrogen and oxygen atoms in total. The van der Waals surface area contributed by atoms with Crippen molar-refractivity contribution in [2.24, 2.45) is 0 Å². The van der Waals surface area contributed by atoms with E-state index in [2.05, 4.69) is 29.1 Å². The van der Waals surface area contributed by atoms with Crippen LogP contribution >= 0.6 is 11.6 Å². The third kappa shape index (κ3) is 3.12. The Balaban J connectivity index is 2.14. The van der Waals surface area contributed by atoms with Crippen LogP contribution in [0.15, 0.2) is 0 Å². The number of ether oxygens (including phenoxy) is 1. The molecule has 100 valence electrons. The molecule has 1 aromatic rings. The molecule has 1 N–H and O–H groups in total. The van der Waals surface area contributed by atoms with E-state index in [-0.39, 0.29) is 5.60 Å². The number of aryl methyl sites for hydroxylation is 1. The number of aromatic nitrogens is 2. The van der Waals surface area contributed by atoms with Crippen molar-refractivity contribution in [3.63, 3.8) is 0 Å². The third-order valence-electron chi connectivity index (χ3n) is 3.24. The Kier molecular flexibility index (Phi) is 3.78. The summed E-state index contributed by atoms with van der Waals surface area (Å²) in [5, 5.41) is 4.00. The zero-order valence-electron chi connectivity index (χ0n) is 11.4. The second-order valence-corrected chi connectivity index (χ2v) is 5.84. The number of nitrogens with zero attached hydrogens (tertiary/aromatic N) is 2. The summed E-state index contributed by atoms with van der Waals surface area (Å²) in [6, 6.07) is 0.373. The van der Waals surface area contributed by atoms with Crippen LogP contribution in [0.4, 0.5) is 5.82 Å². The monoisotopic (exact) mass is 269 g/mol. The van der Waals surface area contributed by atoms with Gasteiger partial charge in [-0.1, -0.05) is 11.6 Å². The summed E-state index contributed by atoms with van der Waals surface area (Å²) in [5.74, 6) is 1.54. The van der Waals surface area contributed by atoms with Gasteiger partial charge in [-0.05, 0) is 40.5 Å². The van der Waals surface area contributed by atoms with Crippen LogP contribution in [0.3, 0.4) is 0 Å². The van der Waals surface area contributed by atoms with E-state index in [1.54, 1.807) is 0 Å². The highest BCUT2D eigenvalue weighted by atomic mass is 35.5. The molecule has 1 saturated heterocycles. The molecule has 1 aromatic heterocycles. The van der Waals surface area contributed by atoms with Gasteiger partial charge in [0.2, 0.25) is 0 Å². The SMILES string of the molecule is Cc1nc(Cl)c(C)c(NC2CCOC(C)(C)C2)n1. The summed E-state index contributed by atoms with van der Waals surface area (Å²) in [6.07, 6.45) is 1.96. The topological polar surface area (TPSA) is 47.0 Å². The number of anilines is 1. The van der Waals surface area contributed by atoms with E-state index >= 15 is 0 Å². The molecular weight excluding hydrogens is 250 g/mol. The second-order valence-electron chi connectivity index (χ2n) is 5.48. The van der Waals surface area contributed by atoms with Gasteiger partial charge in [0.25, 0.3) is 0 Å². The minimum Gasteiger partial charge on any atom is -0.375 e. The molecule has 0 bridgehead atoms. The number of rotatable bonds is 2. The molecule has 0 spiro atoms. The highest BCUT2D eigenvalue weighted by molar-refractivity contribution is 6.30. The van der Waals surface area contributed by atoms with Crippen molar-refractivity contribution in [2.45, 2.75) is 52.2 Å². The molecule has 0 saturated carbocycles. The number of halogens is 1. The smallest absolute Gasteiger partial charge is 0.137 e. The Hall–Kier alpha value is -0.870. The van der Waals surface area contributed by atoms with Gasteiger partial charge in [-0.25, -0.2) is 9.97 Å². The first-order valence-corrected chi connectivity index (χ1v) is 6.66. The van der Waals surface area contributed by atoms with Crippen molar-refractivity contribution in [3.8, 4) is 0 Å². The fourth-order valence-electron chi connectivity index (χ4n) is 2.28. The lowest BCUT2D eigenvalue weighted by Crippen LogP contribution is -2.40.